The Bertz CT molecular complexity index is 573. The van der Waals surface area contributed by atoms with Crippen molar-refractivity contribution in [2.45, 2.75) is 20.0 Å². The van der Waals surface area contributed by atoms with Crippen molar-refractivity contribution < 1.29 is 14.3 Å². The first kappa shape index (κ1) is 15.1. The summed E-state index contributed by atoms with van der Waals surface area (Å²) in [6.45, 7) is 4.08. The molecule has 1 atom stereocenters. The van der Waals surface area contributed by atoms with Gasteiger partial charge in [0.15, 0.2) is 0 Å². The maximum Gasteiger partial charge on any atom is 0.338 e. The average Bonchev–Trinajstić information content (AvgIpc) is 2.53. The maximum atomic E-state index is 12.3. The van der Waals surface area contributed by atoms with Crippen LogP contribution in [-0.4, -0.2) is 13.1 Å². The summed E-state index contributed by atoms with van der Waals surface area (Å²) in [5.74, 6) is 0.602. The van der Waals surface area contributed by atoms with E-state index in [0.717, 1.165) is 11.3 Å². The quantitative estimate of drug-likeness (QED) is 0.770. The summed E-state index contributed by atoms with van der Waals surface area (Å²) >= 11 is 0. The van der Waals surface area contributed by atoms with Crippen molar-refractivity contribution in [1.29, 1.82) is 0 Å². The lowest BCUT2D eigenvalue weighted by molar-refractivity contribution is 0.0176. The largest absolute Gasteiger partial charge is 0.497 e. The van der Waals surface area contributed by atoms with Crippen molar-refractivity contribution >= 4 is 5.97 Å². The van der Waals surface area contributed by atoms with Crippen LogP contribution in [0.1, 0.15) is 35.9 Å². The highest BCUT2D eigenvalue weighted by molar-refractivity contribution is 5.89. The zero-order valence-electron chi connectivity index (χ0n) is 12.6. The van der Waals surface area contributed by atoms with Crippen molar-refractivity contribution in [1.82, 2.24) is 0 Å². The molecule has 0 radical (unpaired) electrons. The topological polar surface area (TPSA) is 35.5 Å². The van der Waals surface area contributed by atoms with Crippen molar-refractivity contribution in [3.05, 3.63) is 65.7 Å². The molecule has 0 bridgehead atoms. The van der Waals surface area contributed by atoms with Gasteiger partial charge in [0.05, 0.1) is 12.7 Å². The second-order valence-electron chi connectivity index (χ2n) is 5.21. The van der Waals surface area contributed by atoms with Crippen LogP contribution >= 0.6 is 0 Å². The second kappa shape index (κ2) is 6.93. The Labute approximate surface area is 125 Å². The number of benzene rings is 2. The second-order valence-corrected chi connectivity index (χ2v) is 5.21. The molecule has 2 aromatic rings. The van der Waals surface area contributed by atoms with Crippen molar-refractivity contribution in [3.8, 4) is 5.75 Å². The number of rotatable bonds is 5. The lowest BCUT2D eigenvalue weighted by atomic mass is 9.99. The summed E-state index contributed by atoms with van der Waals surface area (Å²) in [6, 6.07) is 16.7. The zero-order chi connectivity index (χ0) is 15.2. The van der Waals surface area contributed by atoms with E-state index in [1.807, 2.05) is 44.2 Å². The highest BCUT2D eigenvalue weighted by atomic mass is 16.5. The Kier molecular flexibility index (Phi) is 4.99. The average molecular weight is 284 g/mol. The SMILES string of the molecule is COc1ccc(C(=O)O[C@@H](c2ccccc2)C(C)C)cc1. The first-order valence-electron chi connectivity index (χ1n) is 7.02. The minimum absolute atomic E-state index is 0.203. The Hall–Kier alpha value is -2.29. The Balaban J connectivity index is 2.15. The minimum atomic E-state index is -0.319. The monoisotopic (exact) mass is 284 g/mol. The van der Waals surface area contributed by atoms with E-state index in [0.29, 0.717) is 5.56 Å². The summed E-state index contributed by atoms with van der Waals surface area (Å²) in [4.78, 5) is 12.3. The molecule has 0 aromatic heterocycles. The molecule has 0 saturated carbocycles. The van der Waals surface area contributed by atoms with Gasteiger partial charge in [-0.2, -0.15) is 0 Å². The van der Waals surface area contributed by atoms with E-state index >= 15 is 0 Å². The number of esters is 1. The van der Waals surface area contributed by atoms with Crippen LogP contribution in [0.4, 0.5) is 0 Å². The van der Waals surface area contributed by atoms with Gasteiger partial charge >= 0.3 is 5.97 Å². The molecule has 0 unspecified atom stereocenters. The van der Waals surface area contributed by atoms with E-state index in [9.17, 15) is 4.79 Å². The molecular formula is C18H20O3. The third-order valence-electron chi connectivity index (χ3n) is 3.29. The molecule has 3 nitrogen and oxygen atoms in total. The smallest absolute Gasteiger partial charge is 0.338 e. The summed E-state index contributed by atoms with van der Waals surface area (Å²) < 4.78 is 10.8. The van der Waals surface area contributed by atoms with Crippen LogP contribution in [0.2, 0.25) is 0 Å². The molecule has 0 aliphatic carbocycles. The highest BCUT2D eigenvalue weighted by Crippen LogP contribution is 2.27. The lowest BCUT2D eigenvalue weighted by Gasteiger charge is -2.22. The number of ether oxygens (including phenoxy) is 2. The molecule has 0 heterocycles. The van der Waals surface area contributed by atoms with Gasteiger partial charge in [0, 0.05) is 0 Å². The van der Waals surface area contributed by atoms with Crippen LogP contribution in [0, 0.1) is 5.92 Å². The molecule has 0 aliphatic rings. The van der Waals surface area contributed by atoms with Gasteiger partial charge in [-0.05, 0) is 35.7 Å². The van der Waals surface area contributed by atoms with Crippen LogP contribution in [0.3, 0.4) is 0 Å². The summed E-state index contributed by atoms with van der Waals surface area (Å²) in [5.41, 5.74) is 1.53. The number of hydrogen-bond donors (Lipinski definition) is 0. The van der Waals surface area contributed by atoms with Crippen LogP contribution in [0.5, 0.6) is 5.75 Å². The van der Waals surface area contributed by atoms with Crippen molar-refractivity contribution in [3.63, 3.8) is 0 Å². The van der Waals surface area contributed by atoms with Gasteiger partial charge < -0.3 is 9.47 Å². The van der Waals surface area contributed by atoms with Crippen LogP contribution in [0.25, 0.3) is 0 Å². The minimum Gasteiger partial charge on any atom is -0.497 e. The van der Waals surface area contributed by atoms with Crippen LogP contribution < -0.4 is 4.74 Å². The molecule has 2 rings (SSSR count). The fraction of sp³-hybridized carbons (Fsp3) is 0.278. The number of hydrogen-bond acceptors (Lipinski definition) is 3. The van der Waals surface area contributed by atoms with Crippen molar-refractivity contribution in [2.24, 2.45) is 5.92 Å². The molecule has 0 aliphatic heterocycles. The van der Waals surface area contributed by atoms with E-state index in [1.54, 1.807) is 31.4 Å². The maximum absolute atomic E-state index is 12.3. The molecule has 3 heteroatoms. The first-order chi connectivity index (χ1) is 10.1. The van der Waals surface area contributed by atoms with Crippen LogP contribution in [0.15, 0.2) is 54.6 Å². The predicted molar refractivity (Wildman–Crippen MR) is 82.4 cm³/mol. The van der Waals surface area contributed by atoms with Crippen LogP contribution in [-0.2, 0) is 4.74 Å². The molecule has 21 heavy (non-hydrogen) atoms. The van der Waals surface area contributed by atoms with Gasteiger partial charge in [-0.15, -0.1) is 0 Å². The van der Waals surface area contributed by atoms with E-state index in [-0.39, 0.29) is 18.0 Å². The van der Waals surface area contributed by atoms with Crippen molar-refractivity contribution in [2.75, 3.05) is 7.11 Å². The third kappa shape index (κ3) is 3.85. The van der Waals surface area contributed by atoms with Gasteiger partial charge in [-0.25, -0.2) is 4.79 Å². The normalized spacial score (nSPS) is 12.0. The molecule has 2 aromatic carbocycles. The molecule has 0 fully saturated rings. The molecule has 0 saturated heterocycles. The summed E-state index contributed by atoms with van der Waals surface area (Å²) in [6.07, 6.45) is -0.249. The molecular weight excluding hydrogens is 264 g/mol. The van der Waals surface area contributed by atoms with Gasteiger partial charge in [-0.1, -0.05) is 44.2 Å². The fourth-order valence-corrected chi connectivity index (χ4v) is 2.14. The molecule has 0 N–H and O–H groups in total. The Morgan fingerprint density at radius 3 is 2.10 bits per heavy atom. The Morgan fingerprint density at radius 1 is 0.952 bits per heavy atom. The van der Waals surface area contributed by atoms with Gasteiger partial charge in [0.25, 0.3) is 0 Å². The predicted octanol–water partition coefficient (Wildman–Crippen LogP) is 4.25. The Morgan fingerprint density at radius 2 is 1.57 bits per heavy atom. The van der Waals surface area contributed by atoms with E-state index in [2.05, 4.69) is 0 Å². The standard InChI is InChI=1S/C18H20O3/c1-13(2)17(14-7-5-4-6-8-14)21-18(19)15-9-11-16(20-3)12-10-15/h4-13,17H,1-3H3/t17-/m1/s1. The zero-order valence-corrected chi connectivity index (χ0v) is 12.6. The first-order valence-corrected chi connectivity index (χ1v) is 7.02. The third-order valence-corrected chi connectivity index (χ3v) is 3.29. The summed E-state index contributed by atoms with van der Waals surface area (Å²) in [5, 5.41) is 0. The van der Waals surface area contributed by atoms with Gasteiger partial charge in [-0.3, -0.25) is 0 Å². The van der Waals surface area contributed by atoms with Gasteiger partial charge in [0.2, 0.25) is 0 Å². The number of carbonyl (C=O) groups excluding carboxylic acids is 1. The van der Waals surface area contributed by atoms with E-state index in [4.69, 9.17) is 9.47 Å². The molecule has 0 spiro atoms. The van der Waals surface area contributed by atoms with E-state index in [1.165, 1.54) is 0 Å². The highest BCUT2D eigenvalue weighted by Gasteiger charge is 2.21. The van der Waals surface area contributed by atoms with E-state index < -0.39 is 0 Å². The fourth-order valence-electron chi connectivity index (χ4n) is 2.14. The number of methoxy groups -OCH3 is 1. The summed E-state index contributed by atoms with van der Waals surface area (Å²) in [7, 11) is 1.59. The number of carbonyl (C=O) groups is 1. The van der Waals surface area contributed by atoms with Gasteiger partial charge in [0.1, 0.15) is 11.9 Å². The lowest BCUT2D eigenvalue weighted by Crippen LogP contribution is -2.16. The molecule has 110 valence electrons. The molecule has 0 amide bonds.